The average Bonchev–Trinajstić information content (AvgIpc) is 2.26. The van der Waals surface area contributed by atoms with Crippen LogP contribution in [0.4, 0.5) is 0 Å². The van der Waals surface area contributed by atoms with Gasteiger partial charge in [-0.05, 0) is 12.1 Å². The van der Waals surface area contributed by atoms with E-state index in [1.54, 1.807) is 0 Å². The summed E-state index contributed by atoms with van der Waals surface area (Å²) in [4.78, 5) is 22.2. The van der Waals surface area contributed by atoms with Crippen molar-refractivity contribution >= 4 is 11.9 Å². The van der Waals surface area contributed by atoms with Crippen molar-refractivity contribution in [2.75, 3.05) is 7.11 Å². The van der Waals surface area contributed by atoms with Crippen LogP contribution in [0.1, 0.15) is 18.6 Å². The van der Waals surface area contributed by atoms with Gasteiger partial charge in [0.2, 0.25) is 6.10 Å². The third-order valence-electron chi connectivity index (χ3n) is 1.89. The van der Waals surface area contributed by atoms with Crippen LogP contribution in [-0.2, 0) is 19.1 Å². The molecule has 1 atom stereocenters. The van der Waals surface area contributed by atoms with Crippen LogP contribution < -0.4 is 0 Å². The van der Waals surface area contributed by atoms with Crippen molar-refractivity contribution in [2.24, 2.45) is 0 Å². The third kappa shape index (κ3) is 2.98. The van der Waals surface area contributed by atoms with Crippen molar-refractivity contribution in [3.8, 4) is 5.75 Å². The zero-order valence-electron chi connectivity index (χ0n) is 8.97. The van der Waals surface area contributed by atoms with E-state index < -0.39 is 18.0 Å². The SMILES string of the molecule is COC(=O)C(OC(C)=O)c1ccc(O)cc1. The van der Waals surface area contributed by atoms with Gasteiger partial charge in [-0.2, -0.15) is 0 Å². The lowest BCUT2D eigenvalue weighted by atomic mass is 10.1. The van der Waals surface area contributed by atoms with Gasteiger partial charge >= 0.3 is 11.9 Å². The van der Waals surface area contributed by atoms with E-state index in [-0.39, 0.29) is 5.75 Å². The molecule has 0 saturated heterocycles. The van der Waals surface area contributed by atoms with Crippen LogP contribution in [0.25, 0.3) is 0 Å². The minimum Gasteiger partial charge on any atom is -0.508 e. The van der Waals surface area contributed by atoms with Crippen molar-refractivity contribution in [3.05, 3.63) is 29.8 Å². The number of phenolic OH excluding ortho intramolecular Hbond substituents is 1. The number of esters is 2. The molecular weight excluding hydrogens is 212 g/mol. The summed E-state index contributed by atoms with van der Waals surface area (Å²) in [6, 6.07) is 5.77. The lowest BCUT2D eigenvalue weighted by Crippen LogP contribution is -2.19. The van der Waals surface area contributed by atoms with Gasteiger partial charge in [-0.25, -0.2) is 4.79 Å². The summed E-state index contributed by atoms with van der Waals surface area (Å²) in [5.74, 6) is -1.18. The molecule has 5 heteroatoms. The van der Waals surface area contributed by atoms with Crippen LogP contribution in [0.5, 0.6) is 5.75 Å². The first-order chi connectivity index (χ1) is 7.54. The molecule has 5 nitrogen and oxygen atoms in total. The topological polar surface area (TPSA) is 72.8 Å². The molecule has 1 rings (SSSR count). The van der Waals surface area contributed by atoms with Gasteiger partial charge < -0.3 is 14.6 Å². The Balaban J connectivity index is 2.96. The molecule has 0 heterocycles. The lowest BCUT2D eigenvalue weighted by molar-refractivity contribution is -0.165. The van der Waals surface area contributed by atoms with Gasteiger partial charge in [-0.1, -0.05) is 12.1 Å². The molecule has 0 radical (unpaired) electrons. The minimum atomic E-state index is -1.09. The quantitative estimate of drug-likeness (QED) is 0.780. The summed E-state index contributed by atoms with van der Waals surface area (Å²) in [6.45, 7) is 1.20. The van der Waals surface area contributed by atoms with Gasteiger partial charge in [0, 0.05) is 12.5 Å². The molecule has 86 valence electrons. The molecule has 1 aromatic carbocycles. The molecule has 0 aliphatic heterocycles. The van der Waals surface area contributed by atoms with Crippen molar-refractivity contribution < 1.29 is 24.2 Å². The smallest absolute Gasteiger partial charge is 0.351 e. The summed E-state index contributed by atoms with van der Waals surface area (Å²) in [6.07, 6.45) is -1.09. The summed E-state index contributed by atoms with van der Waals surface area (Å²) in [5.41, 5.74) is 0.444. The van der Waals surface area contributed by atoms with Crippen LogP contribution in [-0.4, -0.2) is 24.2 Å². The largest absolute Gasteiger partial charge is 0.508 e. The summed E-state index contributed by atoms with van der Waals surface area (Å²) >= 11 is 0. The highest BCUT2D eigenvalue weighted by molar-refractivity contribution is 5.80. The molecular formula is C11H12O5. The number of aromatic hydroxyl groups is 1. The molecule has 0 saturated carbocycles. The molecule has 0 bridgehead atoms. The number of phenols is 1. The maximum absolute atomic E-state index is 11.4. The molecule has 0 fully saturated rings. The maximum Gasteiger partial charge on any atom is 0.351 e. The molecule has 16 heavy (non-hydrogen) atoms. The lowest BCUT2D eigenvalue weighted by Gasteiger charge is -2.14. The van der Waals surface area contributed by atoms with Gasteiger partial charge in [-0.3, -0.25) is 4.79 Å². The van der Waals surface area contributed by atoms with E-state index >= 15 is 0 Å². The fourth-order valence-corrected chi connectivity index (χ4v) is 1.17. The van der Waals surface area contributed by atoms with E-state index in [1.807, 2.05) is 0 Å². The van der Waals surface area contributed by atoms with Crippen molar-refractivity contribution in [2.45, 2.75) is 13.0 Å². The fourth-order valence-electron chi connectivity index (χ4n) is 1.17. The molecule has 1 aromatic rings. The van der Waals surface area contributed by atoms with Crippen LogP contribution in [0.3, 0.4) is 0 Å². The predicted molar refractivity (Wildman–Crippen MR) is 54.6 cm³/mol. The standard InChI is InChI=1S/C11H12O5/c1-7(12)16-10(11(14)15-2)8-3-5-9(13)6-4-8/h3-6,10,13H,1-2H3. The normalized spacial score (nSPS) is 11.6. The monoisotopic (exact) mass is 224 g/mol. The highest BCUT2D eigenvalue weighted by Crippen LogP contribution is 2.21. The molecule has 0 aliphatic carbocycles. The predicted octanol–water partition coefficient (Wildman–Crippen LogP) is 1.17. The van der Waals surface area contributed by atoms with E-state index in [1.165, 1.54) is 38.3 Å². The minimum absolute atomic E-state index is 0.0650. The maximum atomic E-state index is 11.4. The van der Waals surface area contributed by atoms with Gasteiger partial charge in [-0.15, -0.1) is 0 Å². The van der Waals surface area contributed by atoms with Crippen LogP contribution in [0.15, 0.2) is 24.3 Å². The second-order valence-corrected chi connectivity index (χ2v) is 3.10. The molecule has 0 aliphatic rings. The van der Waals surface area contributed by atoms with Gasteiger partial charge in [0.1, 0.15) is 5.75 Å². The van der Waals surface area contributed by atoms with Crippen LogP contribution >= 0.6 is 0 Å². The highest BCUT2D eigenvalue weighted by Gasteiger charge is 2.24. The Kier molecular flexibility index (Phi) is 3.88. The molecule has 0 amide bonds. The van der Waals surface area contributed by atoms with E-state index in [9.17, 15) is 9.59 Å². The zero-order valence-corrected chi connectivity index (χ0v) is 8.97. The van der Waals surface area contributed by atoms with Crippen molar-refractivity contribution in [1.82, 2.24) is 0 Å². The molecule has 0 spiro atoms. The summed E-state index contributed by atoms with van der Waals surface area (Å²) in [5, 5.41) is 9.09. The third-order valence-corrected chi connectivity index (χ3v) is 1.89. The average molecular weight is 224 g/mol. The van der Waals surface area contributed by atoms with Gasteiger partial charge in [0.15, 0.2) is 0 Å². The van der Waals surface area contributed by atoms with Gasteiger partial charge in [0.25, 0.3) is 0 Å². The van der Waals surface area contributed by atoms with Crippen LogP contribution in [0, 0.1) is 0 Å². The first-order valence-electron chi connectivity index (χ1n) is 4.58. The van der Waals surface area contributed by atoms with Crippen molar-refractivity contribution in [3.63, 3.8) is 0 Å². The first kappa shape index (κ1) is 12.0. The van der Waals surface area contributed by atoms with Crippen LogP contribution in [0.2, 0.25) is 0 Å². The Morgan fingerprint density at radius 2 is 1.81 bits per heavy atom. The number of rotatable bonds is 3. The first-order valence-corrected chi connectivity index (χ1v) is 4.58. The number of carbonyl (C=O) groups is 2. The second kappa shape index (κ2) is 5.16. The van der Waals surface area contributed by atoms with E-state index in [0.717, 1.165) is 0 Å². The summed E-state index contributed by atoms with van der Waals surface area (Å²) < 4.78 is 9.35. The highest BCUT2D eigenvalue weighted by atomic mass is 16.6. The van der Waals surface area contributed by atoms with E-state index in [0.29, 0.717) is 5.56 Å². The van der Waals surface area contributed by atoms with E-state index in [4.69, 9.17) is 9.84 Å². The second-order valence-electron chi connectivity index (χ2n) is 3.10. The molecule has 1 N–H and O–H groups in total. The Hall–Kier alpha value is -2.04. The summed E-state index contributed by atoms with van der Waals surface area (Å²) in [7, 11) is 1.21. The Morgan fingerprint density at radius 1 is 1.25 bits per heavy atom. The number of methoxy groups -OCH3 is 1. The molecule has 1 unspecified atom stereocenters. The Bertz CT molecular complexity index is 382. The van der Waals surface area contributed by atoms with E-state index in [2.05, 4.69) is 4.74 Å². The van der Waals surface area contributed by atoms with Crippen molar-refractivity contribution in [1.29, 1.82) is 0 Å². The number of benzene rings is 1. The zero-order chi connectivity index (χ0) is 12.1. The fraction of sp³-hybridized carbons (Fsp3) is 0.273. The Labute approximate surface area is 92.6 Å². The number of carbonyl (C=O) groups excluding carboxylic acids is 2. The number of hydrogen-bond acceptors (Lipinski definition) is 5. The number of hydrogen-bond donors (Lipinski definition) is 1. The Morgan fingerprint density at radius 3 is 2.25 bits per heavy atom. The van der Waals surface area contributed by atoms with Gasteiger partial charge in [0.05, 0.1) is 7.11 Å². The number of ether oxygens (including phenoxy) is 2. The molecule has 0 aromatic heterocycles.